The van der Waals surface area contributed by atoms with Gasteiger partial charge in [0, 0.05) is 16.7 Å². The Morgan fingerprint density at radius 3 is 2.95 bits per heavy atom. The molecular weight excluding hydrogens is 304 g/mol. The number of halogens is 1. The van der Waals surface area contributed by atoms with Crippen LogP contribution in [0.2, 0.25) is 0 Å². The molecule has 0 aliphatic heterocycles. The summed E-state index contributed by atoms with van der Waals surface area (Å²) in [5, 5.41) is 4.61. The average Bonchev–Trinajstić information content (AvgIpc) is 2.88. The average molecular weight is 321 g/mol. The smallest absolute Gasteiger partial charge is 0.130 e. The molecule has 19 heavy (non-hydrogen) atoms. The molecule has 3 rings (SSSR count). The molecule has 1 heterocycles. The van der Waals surface area contributed by atoms with Crippen LogP contribution in [0.4, 0.5) is 5.69 Å². The molecule has 1 N–H and O–H groups in total. The molecule has 0 atom stereocenters. The Morgan fingerprint density at radius 2 is 2.21 bits per heavy atom. The minimum Gasteiger partial charge on any atom is -0.496 e. The maximum absolute atomic E-state index is 5.53. The lowest BCUT2D eigenvalue weighted by Gasteiger charge is -2.16. The second kappa shape index (κ2) is 5.00. The Bertz CT molecular complexity index is 640. The lowest BCUT2D eigenvalue weighted by Crippen LogP contribution is -2.04. The molecule has 0 bridgehead atoms. The largest absolute Gasteiger partial charge is 0.496 e. The third-order valence-corrected chi connectivity index (χ3v) is 4.29. The van der Waals surface area contributed by atoms with Crippen molar-refractivity contribution >= 4 is 32.5 Å². The molecule has 1 aliphatic carbocycles. The zero-order chi connectivity index (χ0) is 13.4. The summed E-state index contributed by atoms with van der Waals surface area (Å²) in [6, 6.07) is 4.00. The van der Waals surface area contributed by atoms with Gasteiger partial charge in [-0.25, -0.2) is 0 Å². The predicted octanol–water partition coefficient (Wildman–Crippen LogP) is 3.93. The van der Waals surface area contributed by atoms with Crippen molar-refractivity contribution in [2.24, 2.45) is 0 Å². The van der Waals surface area contributed by atoms with Crippen LogP contribution in [0.3, 0.4) is 0 Å². The van der Waals surface area contributed by atoms with Crippen molar-refractivity contribution in [1.29, 1.82) is 0 Å². The van der Waals surface area contributed by atoms with Crippen LogP contribution in [0, 0.1) is 0 Å². The maximum Gasteiger partial charge on any atom is 0.130 e. The van der Waals surface area contributed by atoms with E-state index in [1.165, 1.54) is 23.4 Å². The van der Waals surface area contributed by atoms with Crippen LogP contribution in [-0.4, -0.2) is 18.6 Å². The molecule has 3 nitrogen and oxygen atoms in total. The highest BCUT2D eigenvalue weighted by atomic mass is 79.9. The summed E-state index contributed by atoms with van der Waals surface area (Å²) in [6.07, 6.45) is 3.38. The summed E-state index contributed by atoms with van der Waals surface area (Å²) in [6.45, 7) is 3.03. The summed E-state index contributed by atoms with van der Waals surface area (Å²) < 4.78 is 6.55. The number of benzene rings is 1. The van der Waals surface area contributed by atoms with E-state index in [-0.39, 0.29) is 0 Å². The molecule has 0 saturated carbocycles. The number of methoxy groups -OCH3 is 1. The third kappa shape index (κ3) is 1.98. The van der Waals surface area contributed by atoms with Gasteiger partial charge in [0.15, 0.2) is 0 Å². The Kier molecular flexibility index (Phi) is 3.35. The molecule has 1 aromatic carbocycles. The van der Waals surface area contributed by atoms with Gasteiger partial charge >= 0.3 is 0 Å². The van der Waals surface area contributed by atoms with Crippen molar-refractivity contribution in [3.8, 4) is 5.75 Å². The number of rotatable bonds is 3. The van der Waals surface area contributed by atoms with Crippen molar-refractivity contribution in [2.75, 3.05) is 19.0 Å². The van der Waals surface area contributed by atoms with E-state index in [1.807, 2.05) is 12.1 Å². The quantitative estimate of drug-likeness (QED) is 0.930. The summed E-state index contributed by atoms with van der Waals surface area (Å²) >= 11 is 3.61. The van der Waals surface area contributed by atoms with E-state index in [0.717, 1.165) is 40.5 Å². The first kappa shape index (κ1) is 12.7. The highest BCUT2D eigenvalue weighted by molar-refractivity contribution is 9.10. The normalized spacial score (nSPS) is 13.6. The zero-order valence-electron chi connectivity index (χ0n) is 11.2. The van der Waals surface area contributed by atoms with Crippen molar-refractivity contribution in [3.63, 3.8) is 0 Å². The lowest BCUT2D eigenvalue weighted by molar-refractivity contribution is 0.420. The second-order valence-corrected chi connectivity index (χ2v) is 5.62. The minimum absolute atomic E-state index is 0.886. The molecule has 4 heteroatoms. The first-order valence-electron chi connectivity index (χ1n) is 6.68. The van der Waals surface area contributed by atoms with E-state index in [2.05, 4.69) is 28.2 Å². The Labute approximate surface area is 121 Å². The SMILES string of the molecule is CCNc1c2c(nc3c(Br)ccc(OC)c13)CCC2. The summed E-state index contributed by atoms with van der Waals surface area (Å²) in [4.78, 5) is 4.84. The Hall–Kier alpha value is -1.29. The number of anilines is 1. The number of nitrogens with zero attached hydrogens (tertiary/aromatic N) is 1. The van der Waals surface area contributed by atoms with Gasteiger partial charge in [-0.2, -0.15) is 0 Å². The second-order valence-electron chi connectivity index (χ2n) is 4.77. The molecule has 100 valence electrons. The number of hydrogen-bond acceptors (Lipinski definition) is 3. The summed E-state index contributed by atoms with van der Waals surface area (Å²) in [5.74, 6) is 0.886. The van der Waals surface area contributed by atoms with Crippen molar-refractivity contribution in [2.45, 2.75) is 26.2 Å². The van der Waals surface area contributed by atoms with Crippen LogP contribution in [-0.2, 0) is 12.8 Å². The fourth-order valence-electron chi connectivity index (χ4n) is 2.85. The fourth-order valence-corrected chi connectivity index (χ4v) is 3.27. The Balaban J connectivity index is 2.40. The van der Waals surface area contributed by atoms with Gasteiger partial charge in [-0.15, -0.1) is 0 Å². The van der Waals surface area contributed by atoms with Gasteiger partial charge in [0.25, 0.3) is 0 Å². The van der Waals surface area contributed by atoms with E-state index in [4.69, 9.17) is 9.72 Å². The molecular formula is C15H17BrN2O. The van der Waals surface area contributed by atoms with E-state index in [1.54, 1.807) is 7.11 Å². The van der Waals surface area contributed by atoms with Gasteiger partial charge in [0.05, 0.1) is 23.7 Å². The van der Waals surface area contributed by atoms with Crippen LogP contribution in [0.25, 0.3) is 10.9 Å². The zero-order valence-corrected chi connectivity index (χ0v) is 12.8. The fraction of sp³-hybridized carbons (Fsp3) is 0.400. The Morgan fingerprint density at radius 1 is 1.37 bits per heavy atom. The van der Waals surface area contributed by atoms with E-state index in [0.29, 0.717) is 0 Å². The summed E-state index contributed by atoms with van der Waals surface area (Å²) in [5.41, 5.74) is 4.80. The molecule has 0 saturated heterocycles. The number of hydrogen-bond donors (Lipinski definition) is 1. The molecule has 1 aromatic heterocycles. The molecule has 0 spiro atoms. The van der Waals surface area contributed by atoms with Gasteiger partial charge in [0.1, 0.15) is 5.75 Å². The molecule has 0 radical (unpaired) electrons. The number of pyridine rings is 1. The minimum atomic E-state index is 0.886. The number of fused-ring (bicyclic) bond motifs is 2. The molecule has 2 aromatic rings. The molecule has 0 fully saturated rings. The van der Waals surface area contributed by atoms with E-state index >= 15 is 0 Å². The van der Waals surface area contributed by atoms with Crippen LogP contribution in [0.1, 0.15) is 24.6 Å². The van der Waals surface area contributed by atoms with Gasteiger partial charge < -0.3 is 10.1 Å². The highest BCUT2D eigenvalue weighted by Crippen LogP contribution is 2.41. The first-order chi connectivity index (χ1) is 9.26. The van der Waals surface area contributed by atoms with Gasteiger partial charge in [-0.3, -0.25) is 4.98 Å². The monoisotopic (exact) mass is 320 g/mol. The summed E-state index contributed by atoms with van der Waals surface area (Å²) in [7, 11) is 1.71. The predicted molar refractivity (Wildman–Crippen MR) is 82.2 cm³/mol. The number of ether oxygens (including phenoxy) is 1. The van der Waals surface area contributed by atoms with Gasteiger partial charge in [0.2, 0.25) is 0 Å². The van der Waals surface area contributed by atoms with Crippen LogP contribution >= 0.6 is 15.9 Å². The molecule has 1 aliphatic rings. The number of aromatic nitrogens is 1. The molecule has 0 unspecified atom stereocenters. The van der Waals surface area contributed by atoms with Gasteiger partial charge in [-0.05, 0) is 59.8 Å². The van der Waals surface area contributed by atoms with Gasteiger partial charge in [-0.1, -0.05) is 0 Å². The van der Waals surface area contributed by atoms with Crippen LogP contribution in [0.5, 0.6) is 5.75 Å². The maximum atomic E-state index is 5.53. The topological polar surface area (TPSA) is 34.2 Å². The third-order valence-electron chi connectivity index (χ3n) is 3.65. The number of aryl methyl sites for hydroxylation is 1. The van der Waals surface area contributed by atoms with E-state index < -0.39 is 0 Å². The van der Waals surface area contributed by atoms with Crippen LogP contribution < -0.4 is 10.1 Å². The lowest BCUT2D eigenvalue weighted by atomic mass is 10.1. The highest BCUT2D eigenvalue weighted by Gasteiger charge is 2.22. The molecule has 0 amide bonds. The van der Waals surface area contributed by atoms with E-state index in [9.17, 15) is 0 Å². The van der Waals surface area contributed by atoms with Crippen molar-refractivity contribution in [3.05, 3.63) is 27.9 Å². The van der Waals surface area contributed by atoms with Crippen LogP contribution in [0.15, 0.2) is 16.6 Å². The first-order valence-corrected chi connectivity index (χ1v) is 7.47. The standard InChI is InChI=1S/C15H17BrN2O/c1-3-17-14-9-5-4-6-11(9)18-15-10(16)7-8-12(19-2)13(14)15/h7-8H,3-6H2,1-2H3,(H,17,18). The number of nitrogens with one attached hydrogen (secondary N) is 1. The van der Waals surface area contributed by atoms with Crippen molar-refractivity contribution < 1.29 is 4.74 Å². The van der Waals surface area contributed by atoms with Crippen molar-refractivity contribution in [1.82, 2.24) is 4.98 Å².